The number of pyridine rings is 1. The predicted molar refractivity (Wildman–Crippen MR) is 60.9 cm³/mol. The molecule has 1 aliphatic rings. The van der Waals surface area contributed by atoms with Gasteiger partial charge in [0.15, 0.2) is 0 Å². The first-order valence-corrected chi connectivity index (χ1v) is 5.89. The Kier molecular flexibility index (Phi) is 3.73. The van der Waals surface area contributed by atoms with E-state index in [1.807, 2.05) is 12.3 Å². The van der Waals surface area contributed by atoms with Crippen molar-refractivity contribution in [1.82, 2.24) is 4.98 Å². The number of hydrogen-bond acceptors (Lipinski definition) is 2. The highest BCUT2D eigenvalue weighted by molar-refractivity contribution is 5.08. The Bertz CT molecular complexity index is 280. The predicted octanol–water partition coefficient (Wildman–Crippen LogP) is 3.14. The van der Waals surface area contributed by atoms with Gasteiger partial charge in [0.05, 0.1) is 6.10 Å². The fraction of sp³-hybridized carbons (Fsp3) is 0.615. The molecule has 0 aliphatic carbocycles. The van der Waals surface area contributed by atoms with Gasteiger partial charge in [-0.25, -0.2) is 0 Å². The first kappa shape index (κ1) is 10.6. The van der Waals surface area contributed by atoms with Crippen molar-refractivity contribution in [2.24, 2.45) is 0 Å². The van der Waals surface area contributed by atoms with Crippen LogP contribution in [0.25, 0.3) is 0 Å². The number of ether oxygens (including phenoxy) is 1. The molecule has 2 heterocycles. The largest absolute Gasteiger partial charge is 0.378 e. The molecule has 0 saturated carbocycles. The first-order chi connectivity index (χ1) is 7.36. The lowest BCUT2D eigenvalue weighted by molar-refractivity contribution is 0.00772. The monoisotopic (exact) mass is 205 g/mol. The van der Waals surface area contributed by atoms with Gasteiger partial charge >= 0.3 is 0 Å². The lowest BCUT2D eigenvalue weighted by atomic mass is 9.95. The second-order valence-corrected chi connectivity index (χ2v) is 4.38. The Hall–Kier alpha value is -0.890. The molecule has 2 heteroatoms. The van der Waals surface area contributed by atoms with E-state index in [-0.39, 0.29) is 0 Å². The highest BCUT2D eigenvalue weighted by Gasteiger charge is 2.18. The zero-order valence-electron chi connectivity index (χ0n) is 9.36. The number of hydrogen-bond donors (Lipinski definition) is 0. The average molecular weight is 205 g/mol. The zero-order valence-corrected chi connectivity index (χ0v) is 9.36. The molecule has 2 nitrogen and oxygen atoms in total. The Labute approximate surface area is 91.7 Å². The van der Waals surface area contributed by atoms with Crippen LogP contribution in [0.1, 0.15) is 44.2 Å². The smallest absolute Gasteiger partial charge is 0.0581 e. The second kappa shape index (κ2) is 5.26. The quantitative estimate of drug-likeness (QED) is 0.756. The molecule has 82 valence electrons. The molecule has 0 aromatic carbocycles. The minimum Gasteiger partial charge on any atom is -0.378 e. The molecule has 2 unspecified atom stereocenters. The summed E-state index contributed by atoms with van der Waals surface area (Å²) < 4.78 is 5.74. The summed E-state index contributed by atoms with van der Waals surface area (Å²) in [5.74, 6) is 0.509. The molecule has 0 radical (unpaired) electrons. The van der Waals surface area contributed by atoms with Crippen LogP contribution < -0.4 is 0 Å². The SMILES string of the molecule is CC(CC1CCCCO1)c1ccccn1. The summed E-state index contributed by atoms with van der Waals surface area (Å²) in [5, 5.41) is 0. The maximum Gasteiger partial charge on any atom is 0.0581 e. The summed E-state index contributed by atoms with van der Waals surface area (Å²) in [6.07, 6.45) is 7.20. The van der Waals surface area contributed by atoms with E-state index in [9.17, 15) is 0 Å². The molecule has 1 aromatic rings. The highest BCUT2D eigenvalue weighted by atomic mass is 16.5. The van der Waals surface area contributed by atoms with E-state index in [1.165, 1.54) is 25.0 Å². The van der Waals surface area contributed by atoms with Gasteiger partial charge in [0.1, 0.15) is 0 Å². The maximum absolute atomic E-state index is 5.74. The molecule has 15 heavy (non-hydrogen) atoms. The third-order valence-corrected chi connectivity index (χ3v) is 3.08. The van der Waals surface area contributed by atoms with Gasteiger partial charge < -0.3 is 4.74 Å². The molecule has 0 bridgehead atoms. The van der Waals surface area contributed by atoms with Crippen LogP contribution in [-0.2, 0) is 4.74 Å². The fourth-order valence-electron chi connectivity index (χ4n) is 2.18. The van der Waals surface area contributed by atoms with Crippen molar-refractivity contribution in [3.63, 3.8) is 0 Å². The highest BCUT2D eigenvalue weighted by Crippen LogP contribution is 2.24. The third-order valence-electron chi connectivity index (χ3n) is 3.08. The summed E-state index contributed by atoms with van der Waals surface area (Å²) in [4.78, 5) is 4.39. The van der Waals surface area contributed by atoms with Crippen molar-refractivity contribution >= 4 is 0 Å². The van der Waals surface area contributed by atoms with Gasteiger partial charge in [-0.2, -0.15) is 0 Å². The zero-order chi connectivity index (χ0) is 10.5. The molecule has 1 fully saturated rings. The van der Waals surface area contributed by atoms with Crippen LogP contribution in [0.15, 0.2) is 24.4 Å². The van der Waals surface area contributed by atoms with Gasteiger partial charge in [-0.15, -0.1) is 0 Å². The van der Waals surface area contributed by atoms with Gasteiger partial charge in [-0.1, -0.05) is 13.0 Å². The van der Waals surface area contributed by atoms with E-state index in [4.69, 9.17) is 4.74 Å². The van der Waals surface area contributed by atoms with Crippen molar-refractivity contribution in [1.29, 1.82) is 0 Å². The number of aromatic nitrogens is 1. The van der Waals surface area contributed by atoms with Gasteiger partial charge in [0.2, 0.25) is 0 Å². The topological polar surface area (TPSA) is 22.1 Å². The summed E-state index contributed by atoms with van der Waals surface area (Å²) >= 11 is 0. The van der Waals surface area contributed by atoms with Crippen LogP contribution in [0, 0.1) is 0 Å². The average Bonchev–Trinajstić information content (AvgIpc) is 2.31. The van der Waals surface area contributed by atoms with Crippen LogP contribution in [0.3, 0.4) is 0 Å². The third kappa shape index (κ3) is 3.03. The molecule has 1 aromatic heterocycles. The van der Waals surface area contributed by atoms with Crippen LogP contribution in [0.5, 0.6) is 0 Å². The molecule has 0 amide bonds. The molecule has 1 saturated heterocycles. The number of rotatable bonds is 3. The van der Waals surface area contributed by atoms with Crippen molar-refractivity contribution < 1.29 is 4.74 Å². The summed E-state index contributed by atoms with van der Waals surface area (Å²) in [5.41, 5.74) is 1.19. The molecular formula is C13H19NO. The minimum atomic E-state index is 0.454. The van der Waals surface area contributed by atoms with E-state index in [0.29, 0.717) is 12.0 Å². The Balaban J connectivity index is 1.88. The van der Waals surface area contributed by atoms with E-state index in [1.54, 1.807) is 0 Å². The lowest BCUT2D eigenvalue weighted by Gasteiger charge is -2.25. The summed E-state index contributed by atoms with van der Waals surface area (Å²) in [6, 6.07) is 6.13. The Morgan fingerprint density at radius 2 is 2.40 bits per heavy atom. The number of nitrogens with zero attached hydrogens (tertiary/aromatic N) is 1. The van der Waals surface area contributed by atoms with Crippen LogP contribution in [0.4, 0.5) is 0 Å². The molecule has 2 atom stereocenters. The summed E-state index contributed by atoms with van der Waals surface area (Å²) in [6.45, 7) is 3.18. The summed E-state index contributed by atoms with van der Waals surface area (Å²) in [7, 11) is 0. The molecule has 0 spiro atoms. The molecular weight excluding hydrogens is 186 g/mol. The van der Waals surface area contributed by atoms with Crippen molar-refractivity contribution in [3.8, 4) is 0 Å². The molecule has 1 aliphatic heterocycles. The molecule has 2 rings (SSSR count). The van der Waals surface area contributed by atoms with Gasteiger partial charge in [0, 0.05) is 24.4 Å². The second-order valence-electron chi connectivity index (χ2n) is 4.38. The van der Waals surface area contributed by atoms with Crippen molar-refractivity contribution in [2.75, 3.05) is 6.61 Å². The Morgan fingerprint density at radius 1 is 1.47 bits per heavy atom. The molecule has 0 N–H and O–H groups in total. The van der Waals surface area contributed by atoms with Crippen LogP contribution in [-0.4, -0.2) is 17.7 Å². The lowest BCUT2D eigenvalue weighted by Crippen LogP contribution is -2.21. The van der Waals surface area contributed by atoms with Crippen molar-refractivity contribution in [3.05, 3.63) is 30.1 Å². The van der Waals surface area contributed by atoms with Crippen molar-refractivity contribution in [2.45, 2.75) is 44.6 Å². The van der Waals surface area contributed by atoms with E-state index < -0.39 is 0 Å². The van der Waals surface area contributed by atoms with Gasteiger partial charge in [0.25, 0.3) is 0 Å². The fourth-order valence-corrected chi connectivity index (χ4v) is 2.18. The van der Waals surface area contributed by atoms with E-state index in [2.05, 4.69) is 24.0 Å². The first-order valence-electron chi connectivity index (χ1n) is 5.89. The van der Waals surface area contributed by atoms with Crippen LogP contribution in [0.2, 0.25) is 0 Å². The maximum atomic E-state index is 5.74. The standard InChI is InChI=1S/C13H19NO/c1-11(13-7-2-4-8-14-13)10-12-6-3-5-9-15-12/h2,4,7-8,11-12H,3,5-6,9-10H2,1H3. The van der Waals surface area contributed by atoms with E-state index in [0.717, 1.165) is 13.0 Å². The van der Waals surface area contributed by atoms with Gasteiger partial charge in [-0.05, 0) is 37.8 Å². The van der Waals surface area contributed by atoms with Crippen LogP contribution >= 0.6 is 0 Å². The van der Waals surface area contributed by atoms with E-state index >= 15 is 0 Å². The minimum absolute atomic E-state index is 0.454. The van der Waals surface area contributed by atoms with Gasteiger partial charge in [-0.3, -0.25) is 4.98 Å². The normalized spacial score (nSPS) is 23.7. The Morgan fingerprint density at radius 3 is 3.07 bits per heavy atom.